The maximum atomic E-state index is 12.6. The molecule has 3 aromatic rings. The van der Waals surface area contributed by atoms with Gasteiger partial charge in [0, 0.05) is 5.69 Å². The Labute approximate surface area is 150 Å². The second-order valence-corrected chi connectivity index (χ2v) is 7.07. The third-order valence-electron chi connectivity index (χ3n) is 3.75. The SMILES string of the molecule is CCc1c(C(=O)Nc2ccc(S(N)(=O)=O)cc2)nnn1-c1ccccc1. The van der Waals surface area contributed by atoms with Crippen molar-refractivity contribution in [3.8, 4) is 5.69 Å². The molecule has 0 spiro atoms. The minimum absolute atomic E-state index is 0.0280. The van der Waals surface area contributed by atoms with Crippen molar-refractivity contribution in [3.63, 3.8) is 0 Å². The van der Waals surface area contributed by atoms with E-state index in [1.54, 1.807) is 4.68 Å². The van der Waals surface area contributed by atoms with Gasteiger partial charge < -0.3 is 5.32 Å². The van der Waals surface area contributed by atoms with Crippen LogP contribution in [0.5, 0.6) is 0 Å². The number of aromatic nitrogens is 3. The lowest BCUT2D eigenvalue weighted by atomic mass is 10.2. The second kappa shape index (κ2) is 7.06. The molecule has 0 unspecified atom stereocenters. The standard InChI is InChI=1S/C17H17N5O3S/c1-2-15-16(20-21-22(15)13-6-4-3-5-7-13)17(23)19-12-8-10-14(11-9-12)26(18,24)25/h3-11H,2H2,1H3,(H,19,23)(H2,18,24,25). The Morgan fingerprint density at radius 3 is 2.35 bits per heavy atom. The van der Waals surface area contributed by atoms with E-state index in [2.05, 4.69) is 15.6 Å². The van der Waals surface area contributed by atoms with E-state index in [0.29, 0.717) is 17.8 Å². The zero-order valence-electron chi connectivity index (χ0n) is 14.0. The summed E-state index contributed by atoms with van der Waals surface area (Å²) in [5.41, 5.74) is 2.13. The number of benzene rings is 2. The lowest BCUT2D eigenvalue weighted by Crippen LogP contribution is -2.16. The monoisotopic (exact) mass is 371 g/mol. The lowest BCUT2D eigenvalue weighted by Gasteiger charge is -2.07. The van der Waals surface area contributed by atoms with Crippen LogP contribution in [0, 0.1) is 0 Å². The molecule has 0 saturated heterocycles. The van der Waals surface area contributed by atoms with Crippen LogP contribution in [0.4, 0.5) is 5.69 Å². The summed E-state index contributed by atoms with van der Waals surface area (Å²) in [6.07, 6.45) is 0.564. The molecule has 26 heavy (non-hydrogen) atoms. The van der Waals surface area contributed by atoms with Gasteiger partial charge in [-0.2, -0.15) is 0 Å². The molecule has 1 amide bonds. The minimum Gasteiger partial charge on any atom is -0.321 e. The van der Waals surface area contributed by atoms with E-state index >= 15 is 0 Å². The van der Waals surface area contributed by atoms with Crippen LogP contribution in [-0.4, -0.2) is 29.3 Å². The van der Waals surface area contributed by atoms with Crippen LogP contribution >= 0.6 is 0 Å². The highest BCUT2D eigenvalue weighted by Gasteiger charge is 2.19. The number of amides is 1. The van der Waals surface area contributed by atoms with Crippen LogP contribution in [0.25, 0.3) is 5.69 Å². The predicted molar refractivity (Wildman–Crippen MR) is 96.5 cm³/mol. The lowest BCUT2D eigenvalue weighted by molar-refractivity contribution is 0.102. The molecule has 0 aliphatic rings. The Morgan fingerprint density at radius 2 is 1.77 bits per heavy atom. The van der Waals surface area contributed by atoms with Gasteiger partial charge in [0.1, 0.15) is 0 Å². The zero-order chi connectivity index (χ0) is 18.7. The average molecular weight is 371 g/mol. The Balaban J connectivity index is 1.86. The van der Waals surface area contributed by atoms with E-state index in [1.165, 1.54) is 24.3 Å². The van der Waals surface area contributed by atoms with Gasteiger partial charge in [-0.1, -0.05) is 30.3 Å². The molecule has 0 atom stereocenters. The molecule has 0 saturated carbocycles. The highest BCUT2D eigenvalue weighted by molar-refractivity contribution is 7.89. The number of anilines is 1. The minimum atomic E-state index is -3.78. The van der Waals surface area contributed by atoms with Gasteiger partial charge in [-0.15, -0.1) is 5.10 Å². The van der Waals surface area contributed by atoms with Crippen molar-refractivity contribution < 1.29 is 13.2 Å². The number of primary sulfonamides is 1. The number of rotatable bonds is 5. The molecule has 0 radical (unpaired) electrons. The topological polar surface area (TPSA) is 120 Å². The fraction of sp³-hybridized carbons (Fsp3) is 0.118. The number of para-hydroxylation sites is 1. The molecule has 0 aliphatic heterocycles. The second-order valence-electron chi connectivity index (χ2n) is 5.51. The third kappa shape index (κ3) is 3.63. The van der Waals surface area contributed by atoms with E-state index in [-0.39, 0.29) is 10.6 Å². The number of nitrogens with two attached hydrogens (primary N) is 1. The first-order chi connectivity index (χ1) is 12.4. The summed E-state index contributed by atoms with van der Waals surface area (Å²) in [7, 11) is -3.78. The Bertz CT molecular complexity index is 1030. The van der Waals surface area contributed by atoms with Gasteiger partial charge in [0.05, 0.1) is 16.3 Å². The first-order valence-corrected chi connectivity index (χ1v) is 9.39. The molecule has 3 N–H and O–H groups in total. The van der Waals surface area contributed by atoms with Crippen LogP contribution in [0.1, 0.15) is 23.1 Å². The van der Waals surface area contributed by atoms with Crippen molar-refractivity contribution >= 4 is 21.6 Å². The fourth-order valence-corrected chi connectivity index (χ4v) is 3.01. The first kappa shape index (κ1) is 17.8. The summed E-state index contributed by atoms with van der Waals surface area (Å²) in [5, 5.41) is 15.8. The highest BCUT2D eigenvalue weighted by Crippen LogP contribution is 2.17. The summed E-state index contributed by atoms with van der Waals surface area (Å²) in [6.45, 7) is 1.91. The molecule has 9 heteroatoms. The number of nitrogens with zero attached hydrogens (tertiary/aromatic N) is 3. The van der Waals surface area contributed by atoms with Gasteiger partial charge in [-0.05, 0) is 42.8 Å². The summed E-state index contributed by atoms with van der Waals surface area (Å²) in [5.74, 6) is -0.424. The van der Waals surface area contributed by atoms with Gasteiger partial charge in [-0.25, -0.2) is 18.2 Å². The molecule has 8 nitrogen and oxygen atoms in total. The fourth-order valence-electron chi connectivity index (χ4n) is 2.49. The van der Waals surface area contributed by atoms with Gasteiger partial charge in [0.2, 0.25) is 10.0 Å². The third-order valence-corrected chi connectivity index (χ3v) is 4.68. The van der Waals surface area contributed by atoms with Crippen LogP contribution in [-0.2, 0) is 16.4 Å². The van der Waals surface area contributed by atoms with Crippen LogP contribution < -0.4 is 10.5 Å². The largest absolute Gasteiger partial charge is 0.321 e. The van der Waals surface area contributed by atoms with Crippen molar-refractivity contribution in [3.05, 3.63) is 66.0 Å². The van der Waals surface area contributed by atoms with Crippen molar-refractivity contribution in [1.82, 2.24) is 15.0 Å². The van der Waals surface area contributed by atoms with Gasteiger partial charge in [0.15, 0.2) is 5.69 Å². The highest BCUT2D eigenvalue weighted by atomic mass is 32.2. The number of hydrogen-bond donors (Lipinski definition) is 2. The van der Waals surface area contributed by atoms with E-state index in [4.69, 9.17) is 5.14 Å². The Hall–Kier alpha value is -3.04. The maximum absolute atomic E-state index is 12.6. The molecular weight excluding hydrogens is 354 g/mol. The molecule has 0 fully saturated rings. The first-order valence-electron chi connectivity index (χ1n) is 7.84. The Kier molecular flexibility index (Phi) is 4.83. The maximum Gasteiger partial charge on any atom is 0.278 e. The van der Waals surface area contributed by atoms with Crippen molar-refractivity contribution in [2.45, 2.75) is 18.2 Å². The van der Waals surface area contributed by atoms with Crippen molar-refractivity contribution in [2.24, 2.45) is 5.14 Å². The van der Waals surface area contributed by atoms with Gasteiger partial charge >= 0.3 is 0 Å². The van der Waals surface area contributed by atoms with Crippen molar-refractivity contribution in [2.75, 3.05) is 5.32 Å². The smallest absolute Gasteiger partial charge is 0.278 e. The number of carbonyl (C=O) groups excluding carboxylic acids is 1. The van der Waals surface area contributed by atoms with E-state index in [1.807, 2.05) is 37.3 Å². The number of carbonyl (C=O) groups is 1. The number of nitrogens with one attached hydrogen (secondary N) is 1. The summed E-state index contributed by atoms with van der Waals surface area (Å²) in [4.78, 5) is 12.5. The van der Waals surface area contributed by atoms with E-state index in [0.717, 1.165) is 5.69 Å². The number of sulfonamides is 1. The van der Waals surface area contributed by atoms with Gasteiger partial charge in [0.25, 0.3) is 5.91 Å². The molecule has 1 aromatic heterocycles. The van der Waals surface area contributed by atoms with Crippen molar-refractivity contribution in [1.29, 1.82) is 0 Å². The molecular formula is C17H17N5O3S. The van der Waals surface area contributed by atoms with E-state index in [9.17, 15) is 13.2 Å². The molecule has 1 heterocycles. The predicted octanol–water partition coefficient (Wildman–Crippen LogP) is 1.73. The zero-order valence-corrected chi connectivity index (χ0v) is 14.8. The molecule has 0 bridgehead atoms. The molecule has 0 aliphatic carbocycles. The van der Waals surface area contributed by atoms with Gasteiger partial charge in [-0.3, -0.25) is 4.79 Å². The van der Waals surface area contributed by atoms with Crippen LogP contribution in [0.15, 0.2) is 59.5 Å². The molecule has 3 rings (SSSR count). The van der Waals surface area contributed by atoms with Crippen LogP contribution in [0.2, 0.25) is 0 Å². The quantitative estimate of drug-likeness (QED) is 0.708. The average Bonchev–Trinajstić information content (AvgIpc) is 3.06. The summed E-state index contributed by atoms with van der Waals surface area (Å²) < 4.78 is 24.2. The normalized spacial score (nSPS) is 11.3. The summed E-state index contributed by atoms with van der Waals surface area (Å²) >= 11 is 0. The van der Waals surface area contributed by atoms with E-state index < -0.39 is 15.9 Å². The molecule has 2 aromatic carbocycles. The van der Waals surface area contributed by atoms with Crippen LogP contribution in [0.3, 0.4) is 0 Å². The molecule has 134 valence electrons. The Morgan fingerprint density at radius 1 is 1.12 bits per heavy atom. The number of hydrogen-bond acceptors (Lipinski definition) is 5. The summed E-state index contributed by atoms with van der Waals surface area (Å²) in [6, 6.07) is 15.0.